The number of amides is 3. The smallest absolute Gasteiger partial charge is 0.319 e. The van der Waals surface area contributed by atoms with E-state index in [1.807, 2.05) is 18.4 Å². The lowest BCUT2D eigenvalue weighted by atomic mass is 9.85. The summed E-state index contributed by atoms with van der Waals surface area (Å²) in [5.74, 6) is 0.680. The summed E-state index contributed by atoms with van der Waals surface area (Å²) in [6.07, 6.45) is 4.91. The third-order valence-corrected chi connectivity index (χ3v) is 5.85. The molecule has 1 aromatic rings. The lowest BCUT2D eigenvalue weighted by molar-refractivity contribution is -0.133. The summed E-state index contributed by atoms with van der Waals surface area (Å²) in [5.41, 5.74) is 0.242. The molecule has 3 amide bonds. The molecule has 2 unspecified atom stereocenters. The number of unbranched alkanes of at least 4 members (excludes halogenated alkanes) is 1. The van der Waals surface area contributed by atoms with Gasteiger partial charge in [-0.2, -0.15) is 17.0 Å². The van der Waals surface area contributed by atoms with Crippen LogP contribution in [0.5, 0.6) is 0 Å². The number of hydrogen-bond acceptors (Lipinski definition) is 4. The van der Waals surface area contributed by atoms with E-state index in [-0.39, 0.29) is 18.1 Å². The molecular formula is C20H28N4O2S. The number of hydrogen-bond donors (Lipinski definition) is 1. The summed E-state index contributed by atoms with van der Waals surface area (Å²) in [6, 6.07) is 8.90. The Bertz CT molecular complexity index is 716. The van der Waals surface area contributed by atoms with Crippen LogP contribution >= 0.6 is 11.8 Å². The Kier molecular flexibility index (Phi) is 7.14. The maximum Gasteiger partial charge on any atom is 0.319 e. The lowest BCUT2D eigenvalue weighted by Crippen LogP contribution is -2.54. The van der Waals surface area contributed by atoms with Gasteiger partial charge in [0.2, 0.25) is 0 Å². The summed E-state index contributed by atoms with van der Waals surface area (Å²) in [4.78, 5) is 29.9. The zero-order valence-electron chi connectivity index (χ0n) is 16.5. The van der Waals surface area contributed by atoms with Crippen LogP contribution in [0.15, 0.2) is 24.3 Å². The number of nitrogens with one attached hydrogen (secondary N) is 1. The molecule has 0 bridgehead atoms. The predicted octanol–water partition coefficient (Wildman–Crippen LogP) is 3.14. The molecule has 146 valence electrons. The van der Waals surface area contributed by atoms with Gasteiger partial charge in [0.1, 0.15) is 6.17 Å². The van der Waals surface area contributed by atoms with Gasteiger partial charge in [-0.05, 0) is 49.0 Å². The first-order valence-corrected chi connectivity index (χ1v) is 10.6. The Labute approximate surface area is 165 Å². The molecule has 0 aliphatic carbocycles. The maximum absolute atomic E-state index is 13.5. The first-order chi connectivity index (χ1) is 13.0. The second-order valence-corrected chi connectivity index (χ2v) is 7.74. The molecule has 0 spiro atoms. The first-order valence-electron chi connectivity index (χ1n) is 9.25. The molecule has 1 heterocycles. The Morgan fingerprint density at radius 2 is 2.04 bits per heavy atom. The molecule has 1 saturated heterocycles. The quantitative estimate of drug-likeness (QED) is 0.778. The fraction of sp³-hybridized carbons (Fsp3) is 0.550. The van der Waals surface area contributed by atoms with E-state index >= 15 is 0 Å². The van der Waals surface area contributed by atoms with E-state index in [0.717, 1.165) is 30.6 Å². The molecule has 0 aromatic heterocycles. The zero-order valence-corrected chi connectivity index (χ0v) is 17.3. The molecule has 6 nitrogen and oxygen atoms in total. The number of thioether (sulfide) groups is 1. The van der Waals surface area contributed by atoms with E-state index < -0.39 is 5.54 Å². The zero-order chi connectivity index (χ0) is 20.0. The summed E-state index contributed by atoms with van der Waals surface area (Å²) < 4.78 is 0. The van der Waals surface area contributed by atoms with Gasteiger partial charge in [0.25, 0.3) is 5.91 Å². The number of urea groups is 1. The molecule has 0 saturated carbocycles. The van der Waals surface area contributed by atoms with Crippen molar-refractivity contribution in [2.75, 3.05) is 26.1 Å². The molecule has 27 heavy (non-hydrogen) atoms. The molecule has 7 heteroatoms. The highest BCUT2D eigenvalue weighted by molar-refractivity contribution is 7.98. The average molecular weight is 389 g/mol. The van der Waals surface area contributed by atoms with Gasteiger partial charge < -0.3 is 10.2 Å². The molecule has 1 aliphatic rings. The van der Waals surface area contributed by atoms with Gasteiger partial charge in [0, 0.05) is 14.1 Å². The molecular weight excluding hydrogens is 360 g/mol. The van der Waals surface area contributed by atoms with Crippen LogP contribution in [0, 0.1) is 11.3 Å². The largest absolute Gasteiger partial charge is 0.341 e. The number of likely N-dealkylation sites (N-methyl/N-ethyl adjacent to an activating group) is 1. The normalized spacial score (nSPS) is 22.0. The standard InChI is InChI=1S/C20H28N4O2S/c1-5-6-7-17-23(3)18(25)20(12-13-27-4,24(17)19(26)22-2)16-10-8-15(14-21)9-11-16/h8-11,17H,5-7,12-13H2,1-4H3,(H,22,26). The van der Waals surface area contributed by atoms with Crippen LogP contribution in [-0.2, 0) is 10.3 Å². The molecule has 1 aliphatic heterocycles. The third kappa shape index (κ3) is 3.77. The average Bonchev–Trinajstić information content (AvgIpc) is 2.92. The van der Waals surface area contributed by atoms with Crippen molar-refractivity contribution in [2.45, 2.75) is 44.3 Å². The van der Waals surface area contributed by atoms with Crippen molar-refractivity contribution in [3.05, 3.63) is 35.4 Å². The SMILES string of the molecule is CCCCC1N(C)C(=O)C(CCSC)(c2ccc(C#N)cc2)N1C(=O)NC. The fourth-order valence-electron chi connectivity index (χ4n) is 3.80. The molecule has 1 N–H and O–H groups in total. The van der Waals surface area contributed by atoms with Gasteiger partial charge >= 0.3 is 6.03 Å². The van der Waals surface area contributed by atoms with E-state index in [9.17, 15) is 9.59 Å². The summed E-state index contributed by atoms with van der Waals surface area (Å²) in [5, 5.41) is 11.8. The first kappa shape index (κ1) is 21.1. The van der Waals surface area contributed by atoms with Crippen LogP contribution in [0.1, 0.15) is 43.7 Å². The van der Waals surface area contributed by atoms with Crippen LogP contribution in [0.4, 0.5) is 4.79 Å². The van der Waals surface area contributed by atoms with E-state index in [0.29, 0.717) is 12.0 Å². The van der Waals surface area contributed by atoms with Gasteiger partial charge in [-0.1, -0.05) is 25.5 Å². The number of rotatable bonds is 7. The third-order valence-electron chi connectivity index (χ3n) is 5.24. The monoisotopic (exact) mass is 388 g/mol. The number of benzene rings is 1. The van der Waals surface area contributed by atoms with Gasteiger partial charge in [0.15, 0.2) is 5.54 Å². The van der Waals surface area contributed by atoms with E-state index in [1.165, 1.54) is 0 Å². The van der Waals surface area contributed by atoms with Gasteiger partial charge in [-0.15, -0.1) is 0 Å². The Balaban J connectivity index is 2.63. The van der Waals surface area contributed by atoms with Crippen molar-refractivity contribution < 1.29 is 9.59 Å². The number of carbonyl (C=O) groups excluding carboxylic acids is 2. The van der Waals surface area contributed by atoms with Crippen molar-refractivity contribution in [1.29, 1.82) is 5.26 Å². The van der Waals surface area contributed by atoms with E-state index in [1.54, 1.807) is 47.8 Å². The van der Waals surface area contributed by atoms with E-state index in [4.69, 9.17) is 5.26 Å². The van der Waals surface area contributed by atoms with Crippen molar-refractivity contribution in [1.82, 2.24) is 15.1 Å². The van der Waals surface area contributed by atoms with Crippen molar-refractivity contribution >= 4 is 23.7 Å². The van der Waals surface area contributed by atoms with Crippen molar-refractivity contribution in [3.63, 3.8) is 0 Å². The molecule has 1 aromatic carbocycles. The fourth-order valence-corrected chi connectivity index (χ4v) is 4.30. The predicted molar refractivity (Wildman–Crippen MR) is 108 cm³/mol. The Morgan fingerprint density at radius 3 is 2.56 bits per heavy atom. The van der Waals surface area contributed by atoms with Crippen LogP contribution in [0.2, 0.25) is 0 Å². The minimum absolute atomic E-state index is 0.0639. The maximum atomic E-state index is 13.5. The van der Waals surface area contributed by atoms with Crippen LogP contribution < -0.4 is 5.32 Å². The summed E-state index contributed by atoms with van der Waals surface area (Å²) >= 11 is 1.65. The van der Waals surface area contributed by atoms with Gasteiger partial charge in [-0.3, -0.25) is 9.69 Å². The minimum atomic E-state index is -1.05. The number of nitriles is 1. The lowest BCUT2D eigenvalue weighted by Gasteiger charge is -2.38. The van der Waals surface area contributed by atoms with E-state index in [2.05, 4.69) is 18.3 Å². The molecule has 2 rings (SSSR count). The topological polar surface area (TPSA) is 76.4 Å². The van der Waals surface area contributed by atoms with Crippen LogP contribution in [-0.4, -0.2) is 54.0 Å². The Hall–Kier alpha value is -2.20. The number of nitrogens with zero attached hydrogens (tertiary/aromatic N) is 3. The van der Waals surface area contributed by atoms with Crippen LogP contribution in [0.3, 0.4) is 0 Å². The second-order valence-electron chi connectivity index (χ2n) is 6.76. The van der Waals surface area contributed by atoms with Gasteiger partial charge in [0.05, 0.1) is 11.6 Å². The summed E-state index contributed by atoms with van der Waals surface area (Å²) in [7, 11) is 3.38. The van der Waals surface area contributed by atoms with Crippen molar-refractivity contribution in [2.24, 2.45) is 0 Å². The minimum Gasteiger partial charge on any atom is -0.341 e. The van der Waals surface area contributed by atoms with Crippen molar-refractivity contribution in [3.8, 4) is 6.07 Å². The number of carbonyl (C=O) groups is 2. The highest BCUT2D eigenvalue weighted by atomic mass is 32.2. The molecule has 2 atom stereocenters. The van der Waals surface area contributed by atoms with Gasteiger partial charge in [-0.25, -0.2) is 4.79 Å². The Morgan fingerprint density at radius 1 is 1.37 bits per heavy atom. The summed E-state index contributed by atoms with van der Waals surface area (Å²) in [6.45, 7) is 2.10. The molecule has 0 radical (unpaired) electrons. The van der Waals surface area contributed by atoms with Crippen LogP contribution in [0.25, 0.3) is 0 Å². The second kappa shape index (κ2) is 9.14. The highest BCUT2D eigenvalue weighted by Gasteiger charge is 2.58. The molecule has 1 fully saturated rings. The highest BCUT2D eigenvalue weighted by Crippen LogP contribution is 2.43.